The molecule has 1 N–H and O–H groups in total. The molecule has 6 nitrogen and oxygen atoms in total. The molecule has 2 rings (SSSR count). The van der Waals surface area contributed by atoms with E-state index in [1.807, 2.05) is 0 Å². The van der Waals surface area contributed by atoms with Crippen molar-refractivity contribution in [2.45, 2.75) is 13.0 Å². The van der Waals surface area contributed by atoms with Gasteiger partial charge in [0.1, 0.15) is 0 Å². The minimum atomic E-state index is -0.466. The van der Waals surface area contributed by atoms with Crippen LogP contribution in [0.3, 0.4) is 0 Å². The summed E-state index contributed by atoms with van der Waals surface area (Å²) < 4.78 is 0. The Hall–Kier alpha value is -2.31. The summed E-state index contributed by atoms with van der Waals surface area (Å²) in [4.78, 5) is 24.2. The largest absolute Gasteiger partial charge is 0.322 e. The smallest absolute Gasteiger partial charge is 0.321 e. The Morgan fingerprint density at radius 3 is 2.54 bits per heavy atom. The number of hydrogen-bond donors (Lipinski definition) is 1. The average Bonchev–Trinajstić information content (AvgIpc) is 2.56. The van der Waals surface area contributed by atoms with Crippen LogP contribution in [-0.4, -0.2) is 22.9 Å². The van der Waals surface area contributed by atoms with Crippen LogP contribution in [0.5, 0.6) is 0 Å². The highest BCUT2D eigenvalue weighted by Gasteiger charge is 2.19. The van der Waals surface area contributed by atoms with Gasteiger partial charge in [-0.05, 0) is 30.7 Å². The molecule has 0 saturated carbocycles. The number of carbonyl (C=O) groups is 1. The van der Waals surface area contributed by atoms with E-state index in [1.54, 1.807) is 44.3 Å². The summed E-state index contributed by atoms with van der Waals surface area (Å²) in [7, 11) is 1.61. The molecule has 126 valence electrons. The third-order valence-corrected chi connectivity index (χ3v) is 4.37. The molecule has 1 atom stereocenters. The van der Waals surface area contributed by atoms with Gasteiger partial charge in [0.25, 0.3) is 5.69 Å². The van der Waals surface area contributed by atoms with Gasteiger partial charge >= 0.3 is 6.03 Å². The number of hydrogen-bond acceptors (Lipinski definition) is 3. The molecule has 0 fully saturated rings. The second kappa shape index (κ2) is 7.51. The molecule has 0 aliphatic heterocycles. The molecule has 2 aromatic rings. The quantitative estimate of drug-likeness (QED) is 0.601. The van der Waals surface area contributed by atoms with E-state index in [0.29, 0.717) is 21.3 Å². The number of anilines is 1. The van der Waals surface area contributed by atoms with Gasteiger partial charge in [-0.25, -0.2) is 4.79 Å². The lowest BCUT2D eigenvalue weighted by Gasteiger charge is -2.25. The normalized spacial score (nSPS) is 11.7. The van der Waals surface area contributed by atoms with Crippen LogP contribution in [0.2, 0.25) is 10.0 Å². The van der Waals surface area contributed by atoms with E-state index in [4.69, 9.17) is 23.2 Å². The lowest BCUT2D eigenvalue weighted by Crippen LogP contribution is -2.33. The number of nitrogens with one attached hydrogen (secondary N) is 1. The van der Waals surface area contributed by atoms with Crippen LogP contribution < -0.4 is 5.32 Å². The first-order valence-electron chi connectivity index (χ1n) is 7.03. The molecule has 2 amide bonds. The van der Waals surface area contributed by atoms with E-state index in [9.17, 15) is 14.9 Å². The van der Waals surface area contributed by atoms with Crippen molar-refractivity contribution < 1.29 is 9.72 Å². The van der Waals surface area contributed by atoms with E-state index >= 15 is 0 Å². The van der Waals surface area contributed by atoms with Crippen LogP contribution in [0, 0.1) is 10.1 Å². The zero-order valence-corrected chi connectivity index (χ0v) is 14.5. The Kier molecular flexibility index (Phi) is 5.64. The van der Waals surface area contributed by atoms with Crippen LogP contribution in [0.1, 0.15) is 18.5 Å². The van der Waals surface area contributed by atoms with Crippen LogP contribution >= 0.6 is 23.2 Å². The monoisotopic (exact) mass is 367 g/mol. The first-order valence-corrected chi connectivity index (χ1v) is 7.78. The molecular formula is C16H15Cl2N3O3. The Labute approximate surface area is 149 Å². The number of benzene rings is 2. The van der Waals surface area contributed by atoms with Crippen molar-refractivity contribution in [1.82, 2.24) is 4.90 Å². The maximum atomic E-state index is 12.3. The van der Waals surface area contributed by atoms with Crippen LogP contribution in [0.25, 0.3) is 0 Å². The van der Waals surface area contributed by atoms with Gasteiger partial charge in [-0.3, -0.25) is 10.1 Å². The summed E-state index contributed by atoms with van der Waals surface area (Å²) in [6, 6.07) is 10.2. The summed E-state index contributed by atoms with van der Waals surface area (Å²) >= 11 is 11.8. The van der Waals surface area contributed by atoms with Gasteiger partial charge in [0.15, 0.2) is 0 Å². The van der Waals surface area contributed by atoms with E-state index in [0.717, 1.165) is 0 Å². The number of halogens is 2. The lowest BCUT2D eigenvalue weighted by atomic mass is 10.1. The predicted molar refractivity (Wildman–Crippen MR) is 94.8 cm³/mol. The van der Waals surface area contributed by atoms with Gasteiger partial charge in [0.2, 0.25) is 0 Å². The molecule has 0 spiro atoms. The summed E-state index contributed by atoms with van der Waals surface area (Å²) in [6.07, 6.45) is 0. The second-order valence-corrected chi connectivity index (χ2v) is 6.01. The van der Waals surface area contributed by atoms with Gasteiger partial charge in [-0.15, -0.1) is 0 Å². The highest BCUT2D eigenvalue weighted by atomic mass is 35.5. The van der Waals surface area contributed by atoms with E-state index in [-0.39, 0.29) is 17.8 Å². The third kappa shape index (κ3) is 4.15. The van der Waals surface area contributed by atoms with Crippen molar-refractivity contribution in [3.05, 3.63) is 68.2 Å². The fourth-order valence-corrected chi connectivity index (χ4v) is 2.38. The predicted octanol–water partition coefficient (Wildman–Crippen LogP) is 5.13. The molecule has 0 heterocycles. The van der Waals surface area contributed by atoms with Crippen molar-refractivity contribution in [2.24, 2.45) is 0 Å². The van der Waals surface area contributed by atoms with Crippen molar-refractivity contribution in [1.29, 1.82) is 0 Å². The molecule has 24 heavy (non-hydrogen) atoms. The highest BCUT2D eigenvalue weighted by Crippen LogP contribution is 2.26. The zero-order valence-electron chi connectivity index (χ0n) is 13.0. The van der Waals surface area contributed by atoms with Gasteiger partial charge in [0, 0.05) is 24.9 Å². The van der Waals surface area contributed by atoms with Crippen LogP contribution in [-0.2, 0) is 0 Å². The van der Waals surface area contributed by atoms with E-state index in [1.165, 1.54) is 17.0 Å². The first-order chi connectivity index (χ1) is 11.3. The Balaban J connectivity index is 2.13. The van der Waals surface area contributed by atoms with E-state index in [2.05, 4.69) is 5.32 Å². The standard InChI is InChI=1S/C16H15Cl2N3O3/c1-10(11-4-3-5-13(8-11)21(23)24)20(2)16(22)19-12-6-7-14(17)15(18)9-12/h3-10H,1-2H3,(H,19,22). The van der Waals surface area contributed by atoms with Crippen molar-refractivity contribution in [3.63, 3.8) is 0 Å². The van der Waals surface area contributed by atoms with Crippen molar-refractivity contribution >= 4 is 40.6 Å². The summed E-state index contributed by atoms with van der Waals surface area (Å²) in [5, 5.41) is 14.3. The number of carbonyl (C=O) groups excluding carboxylic acids is 1. The van der Waals surface area contributed by atoms with Gasteiger partial charge < -0.3 is 10.2 Å². The summed E-state index contributed by atoms with van der Waals surface area (Å²) in [5.74, 6) is 0. The highest BCUT2D eigenvalue weighted by molar-refractivity contribution is 6.42. The molecule has 0 aliphatic carbocycles. The van der Waals surface area contributed by atoms with E-state index < -0.39 is 4.92 Å². The number of nitrogens with zero attached hydrogens (tertiary/aromatic N) is 2. The SMILES string of the molecule is CC(c1cccc([N+](=O)[O-])c1)N(C)C(=O)Nc1ccc(Cl)c(Cl)c1. The molecule has 0 bridgehead atoms. The molecule has 0 radical (unpaired) electrons. The van der Waals surface area contributed by atoms with Gasteiger partial charge in [0.05, 0.1) is 21.0 Å². The second-order valence-electron chi connectivity index (χ2n) is 5.20. The first kappa shape index (κ1) is 18.0. The molecular weight excluding hydrogens is 353 g/mol. The molecule has 8 heteroatoms. The zero-order chi connectivity index (χ0) is 17.9. The number of nitro groups is 1. The minimum Gasteiger partial charge on any atom is -0.321 e. The maximum Gasteiger partial charge on any atom is 0.322 e. The average molecular weight is 368 g/mol. The minimum absolute atomic E-state index is 0.0161. The fourth-order valence-electron chi connectivity index (χ4n) is 2.08. The Morgan fingerprint density at radius 2 is 1.92 bits per heavy atom. The lowest BCUT2D eigenvalue weighted by molar-refractivity contribution is -0.384. The maximum absolute atomic E-state index is 12.3. The molecule has 0 aromatic heterocycles. The summed E-state index contributed by atoms with van der Waals surface area (Å²) in [6.45, 7) is 1.79. The molecule has 0 saturated heterocycles. The fraction of sp³-hybridized carbons (Fsp3) is 0.188. The van der Waals surface area contributed by atoms with Crippen LogP contribution in [0.15, 0.2) is 42.5 Å². The van der Waals surface area contributed by atoms with Gasteiger partial charge in [-0.1, -0.05) is 35.3 Å². The Bertz CT molecular complexity index is 783. The molecule has 1 unspecified atom stereocenters. The number of rotatable bonds is 4. The number of urea groups is 1. The van der Waals surface area contributed by atoms with Crippen molar-refractivity contribution in [2.75, 3.05) is 12.4 Å². The third-order valence-electron chi connectivity index (χ3n) is 3.64. The number of nitro benzene ring substituents is 1. The van der Waals surface area contributed by atoms with Gasteiger partial charge in [-0.2, -0.15) is 0 Å². The number of amides is 2. The molecule has 0 aliphatic rings. The Morgan fingerprint density at radius 1 is 1.21 bits per heavy atom. The van der Waals surface area contributed by atoms with Crippen molar-refractivity contribution in [3.8, 4) is 0 Å². The topological polar surface area (TPSA) is 75.5 Å². The van der Waals surface area contributed by atoms with Crippen LogP contribution in [0.4, 0.5) is 16.2 Å². The number of non-ortho nitro benzene ring substituents is 1. The molecule has 2 aromatic carbocycles. The summed E-state index contributed by atoms with van der Waals surface area (Å²) in [5.41, 5.74) is 1.15.